The van der Waals surface area contributed by atoms with Crippen LogP contribution < -0.4 is 5.32 Å². The predicted octanol–water partition coefficient (Wildman–Crippen LogP) is 2.08. The molecular weight excluding hydrogens is 190 g/mol. The highest BCUT2D eigenvalue weighted by Crippen LogP contribution is 2.18. The number of carbonyl (C=O) groups excluding carboxylic acids is 2. The second-order valence-electron chi connectivity index (χ2n) is 3.72. The van der Waals surface area contributed by atoms with Crippen molar-refractivity contribution in [1.29, 1.82) is 0 Å². The maximum atomic E-state index is 11.0. The number of nitrogens with one attached hydrogen (secondary N) is 1. The summed E-state index contributed by atoms with van der Waals surface area (Å²) in [6.07, 6.45) is 0.358. The molecule has 1 aromatic rings. The highest BCUT2D eigenvalue weighted by Gasteiger charge is 2.06. The molecule has 0 saturated carbocycles. The number of ketones is 1. The third-order valence-electron chi connectivity index (χ3n) is 2.01. The van der Waals surface area contributed by atoms with Crippen molar-refractivity contribution in [2.75, 3.05) is 5.32 Å². The van der Waals surface area contributed by atoms with Crippen molar-refractivity contribution in [3.63, 3.8) is 0 Å². The Hall–Kier alpha value is -1.64. The van der Waals surface area contributed by atoms with Crippen molar-refractivity contribution in [2.45, 2.75) is 27.2 Å². The van der Waals surface area contributed by atoms with Crippen LogP contribution in [-0.2, 0) is 16.0 Å². The topological polar surface area (TPSA) is 46.2 Å². The molecule has 0 atom stereocenters. The molecule has 0 aromatic heterocycles. The first-order valence-corrected chi connectivity index (χ1v) is 4.85. The molecule has 15 heavy (non-hydrogen) atoms. The fraction of sp³-hybridized carbons (Fsp3) is 0.333. The van der Waals surface area contributed by atoms with E-state index in [0.717, 1.165) is 16.8 Å². The zero-order chi connectivity index (χ0) is 11.4. The van der Waals surface area contributed by atoms with Crippen LogP contribution in [0.4, 0.5) is 5.69 Å². The second-order valence-corrected chi connectivity index (χ2v) is 3.72. The zero-order valence-corrected chi connectivity index (χ0v) is 9.26. The lowest BCUT2D eigenvalue weighted by Gasteiger charge is -2.09. The van der Waals surface area contributed by atoms with E-state index in [1.54, 1.807) is 6.92 Å². The van der Waals surface area contributed by atoms with E-state index in [1.165, 1.54) is 6.92 Å². The van der Waals surface area contributed by atoms with Gasteiger partial charge in [-0.2, -0.15) is 0 Å². The van der Waals surface area contributed by atoms with Gasteiger partial charge in [-0.15, -0.1) is 0 Å². The van der Waals surface area contributed by atoms with Gasteiger partial charge in [-0.3, -0.25) is 9.59 Å². The monoisotopic (exact) mass is 205 g/mol. The summed E-state index contributed by atoms with van der Waals surface area (Å²) in [6.45, 7) is 4.96. The smallest absolute Gasteiger partial charge is 0.221 e. The molecule has 0 radical (unpaired) electrons. The van der Waals surface area contributed by atoms with Crippen molar-refractivity contribution >= 4 is 17.4 Å². The third-order valence-corrected chi connectivity index (χ3v) is 2.01. The van der Waals surface area contributed by atoms with Crippen molar-refractivity contribution in [2.24, 2.45) is 0 Å². The Morgan fingerprint density at radius 3 is 2.47 bits per heavy atom. The SMILES string of the molecule is CC(=O)Cc1cc(C)ccc1NC(C)=O. The first-order valence-electron chi connectivity index (χ1n) is 4.85. The van der Waals surface area contributed by atoms with Gasteiger partial charge in [0.05, 0.1) is 0 Å². The van der Waals surface area contributed by atoms with Crippen LogP contribution in [-0.4, -0.2) is 11.7 Å². The van der Waals surface area contributed by atoms with E-state index >= 15 is 0 Å². The van der Waals surface area contributed by atoms with Crippen LogP contribution in [0.2, 0.25) is 0 Å². The van der Waals surface area contributed by atoms with Gasteiger partial charge in [-0.05, 0) is 25.5 Å². The van der Waals surface area contributed by atoms with Crippen LogP contribution in [0.25, 0.3) is 0 Å². The van der Waals surface area contributed by atoms with E-state index in [9.17, 15) is 9.59 Å². The highest BCUT2D eigenvalue weighted by molar-refractivity contribution is 5.91. The molecule has 1 rings (SSSR count). The number of aryl methyl sites for hydroxylation is 1. The van der Waals surface area contributed by atoms with Gasteiger partial charge in [0, 0.05) is 19.0 Å². The summed E-state index contributed by atoms with van der Waals surface area (Å²) in [5.74, 6) is -0.0316. The summed E-state index contributed by atoms with van der Waals surface area (Å²) in [6, 6.07) is 5.66. The third kappa shape index (κ3) is 3.54. The standard InChI is InChI=1S/C12H15NO2/c1-8-4-5-12(13-10(3)15)11(6-8)7-9(2)14/h4-6H,7H2,1-3H3,(H,13,15). The van der Waals surface area contributed by atoms with E-state index in [-0.39, 0.29) is 11.7 Å². The number of hydrogen-bond donors (Lipinski definition) is 1. The molecule has 0 heterocycles. The van der Waals surface area contributed by atoms with E-state index < -0.39 is 0 Å². The van der Waals surface area contributed by atoms with Gasteiger partial charge >= 0.3 is 0 Å². The van der Waals surface area contributed by atoms with Crippen molar-refractivity contribution in [1.82, 2.24) is 0 Å². The number of hydrogen-bond acceptors (Lipinski definition) is 2. The number of anilines is 1. The number of benzene rings is 1. The van der Waals surface area contributed by atoms with E-state index in [0.29, 0.717) is 6.42 Å². The molecule has 0 unspecified atom stereocenters. The minimum absolute atomic E-state index is 0.0900. The van der Waals surface area contributed by atoms with Crippen LogP contribution in [0.15, 0.2) is 18.2 Å². The molecule has 3 heteroatoms. The first kappa shape index (κ1) is 11.4. The summed E-state index contributed by atoms with van der Waals surface area (Å²) in [5, 5.41) is 2.71. The Bertz CT molecular complexity index is 397. The van der Waals surface area contributed by atoms with Crippen LogP contribution >= 0.6 is 0 Å². The molecule has 0 saturated heterocycles. The van der Waals surface area contributed by atoms with Gasteiger partial charge in [0.2, 0.25) is 5.91 Å². The van der Waals surface area contributed by atoms with Crippen molar-refractivity contribution in [3.05, 3.63) is 29.3 Å². The fourth-order valence-corrected chi connectivity index (χ4v) is 1.45. The molecule has 0 aliphatic heterocycles. The molecule has 0 spiro atoms. The number of Topliss-reactive ketones (excluding diaryl/α,β-unsaturated/α-hetero) is 1. The Kier molecular flexibility index (Phi) is 3.61. The summed E-state index contributed by atoms with van der Waals surface area (Å²) >= 11 is 0. The number of amides is 1. The van der Waals surface area contributed by atoms with Gasteiger partial charge < -0.3 is 5.32 Å². The maximum Gasteiger partial charge on any atom is 0.221 e. The molecule has 0 bridgehead atoms. The number of rotatable bonds is 3. The molecule has 0 aliphatic carbocycles. The Labute approximate surface area is 89.5 Å². The zero-order valence-electron chi connectivity index (χ0n) is 9.26. The summed E-state index contributed by atoms with van der Waals surface area (Å²) < 4.78 is 0. The highest BCUT2D eigenvalue weighted by atomic mass is 16.1. The summed E-state index contributed by atoms with van der Waals surface area (Å²) in [5.41, 5.74) is 2.68. The van der Waals surface area contributed by atoms with E-state index in [4.69, 9.17) is 0 Å². The molecule has 1 amide bonds. The Morgan fingerprint density at radius 1 is 1.27 bits per heavy atom. The molecule has 1 N–H and O–H groups in total. The predicted molar refractivity (Wildman–Crippen MR) is 59.9 cm³/mol. The first-order chi connectivity index (χ1) is 6.99. The average Bonchev–Trinajstić information content (AvgIpc) is 2.08. The van der Waals surface area contributed by atoms with Gasteiger partial charge in [-0.1, -0.05) is 17.7 Å². The molecule has 3 nitrogen and oxygen atoms in total. The second kappa shape index (κ2) is 4.73. The summed E-state index contributed by atoms with van der Waals surface area (Å²) in [4.78, 5) is 22.0. The molecular formula is C12H15NO2. The molecule has 1 aromatic carbocycles. The molecule has 80 valence electrons. The molecule has 0 fully saturated rings. The van der Waals surface area contributed by atoms with Gasteiger partial charge in [0.25, 0.3) is 0 Å². The maximum absolute atomic E-state index is 11.0. The fourth-order valence-electron chi connectivity index (χ4n) is 1.45. The van der Waals surface area contributed by atoms with Crippen molar-refractivity contribution in [3.8, 4) is 0 Å². The largest absolute Gasteiger partial charge is 0.326 e. The normalized spacial score (nSPS) is 9.80. The minimum atomic E-state index is -0.122. The Balaban J connectivity index is 3.02. The lowest BCUT2D eigenvalue weighted by atomic mass is 10.0. The van der Waals surface area contributed by atoms with Crippen LogP contribution in [0.1, 0.15) is 25.0 Å². The van der Waals surface area contributed by atoms with Gasteiger partial charge in [0.15, 0.2) is 0 Å². The quantitative estimate of drug-likeness (QED) is 0.821. The van der Waals surface area contributed by atoms with E-state index in [2.05, 4.69) is 5.32 Å². The van der Waals surface area contributed by atoms with Crippen LogP contribution in [0.5, 0.6) is 0 Å². The van der Waals surface area contributed by atoms with Crippen LogP contribution in [0.3, 0.4) is 0 Å². The van der Waals surface area contributed by atoms with Crippen LogP contribution in [0, 0.1) is 6.92 Å². The molecule has 0 aliphatic rings. The summed E-state index contributed by atoms with van der Waals surface area (Å²) in [7, 11) is 0. The lowest BCUT2D eigenvalue weighted by molar-refractivity contribution is -0.116. The average molecular weight is 205 g/mol. The van der Waals surface area contributed by atoms with E-state index in [1.807, 2.05) is 25.1 Å². The minimum Gasteiger partial charge on any atom is -0.326 e. The van der Waals surface area contributed by atoms with Gasteiger partial charge in [-0.25, -0.2) is 0 Å². The number of carbonyl (C=O) groups is 2. The lowest BCUT2D eigenvalue weighted by Crippen LogP contribution is -2.09. The van der Waals surface area contributed by atoms with Gasteiger partial charge in [0.1, 0.15) is 5.78 Å². The Morgan fingerprint density at radius 2 is 1.93 bits per heavy atom. The van der Waals surface area contributed by atoms with Crippen molar-refractivity contribution < 1.29 is 9.59 Å².